The van der Waals surface area contributed by atoms with Crippen LogP contribution in [0.4, 0.5) is 11.4 Å². The molecular weight excluding hydrogens is 408 g/mol. The SMILES string of the molecule is CCOC(=O)/C(CCc1c[nH]c2ccccc12)=N\Oc1ccc([N+](=O)[O-])cc1[N+](=O)[O-]. The first-order valence-corrected chi connectivity index (χ1v) is 9.29. The topological polar surface area (TPSA) is 150 Å². The summed E-state index contributed by atoms with van der Waals surface area (Å²) in [6, 6.07) is 10.5. The molecule has 0 aliphatic heterocycles. The molecule has 0 fully saturated rings. The predicted octanol–water partition coefficient (Wildman–Crippen LogP) is 3.92. The number of H-pyrrole nitrogens is 1. The number of hydrogen-bond acceptors (Lipinski definition) is 8. The van der Waals surface area contributed by atoms with Crippen LogP contribution in [0.1, 0.15) is 18.9 Å². The number of carbonyl (C=O) groups is 1. The van der Waals surface area contributed by atoms with Crippen molar-refractivity contribution >= 4 is 34.0 Å². The lowest BCUT2D eigenvalue weighted by Crippen LogP contribution is -2.19. The van der Waals surface area contributed by atoms with Gasteiger partial charge < -0.3 is 14.6 Å². The molecule has 3 aromatic rings. The molecule has 0 bridgehead atoms. The number of ether oxygens (including phenoxy) is 1. The van der Waals surface area contributed by atoms with Crippen molar-refractivity contribution in [3.63, 3.8) is 0 Å². The zero-order chi connectivity index (χ0) is 22.4. The van der Waals surface area contributed by atoms with Crippen molar-refractivity contribution in [3.8, 4) is 5.75 Å². The standard InChI is InChI=1S/C20H18N4O7/c1-2-30-20(25)17(9-7-13-12-21-16-6-4-3-5-15(13)16)22-31-19-10-8-14(23(26)27)11-18(19)24(28)29/h3-6,8,10-12,21H,2,7,9H2,1H3/b22-17-. The number of para-hydroxylation sites is 1. The van der Waals surface area contributed by atoms with Gasteiger partial charge >= 0.3 is 11.7 Å². The van der Waals surface area contributed by atoms with Crippen molar-refractivity contribution < 1.29 is 24.2 Å². The maximum absolute atomic E-state index is 12.3. The predicted molar refractivity (Wildman–Crippen MR) is 111 cm³/mol. The second-order valence-corrected chi connectivity index (χ2v) is 6.38. The van der Waals surface area contributed by atoms with Gasteiger partial charge in [-0.2, -0.15) is 0 Å². The van der Waals surface area contributed by atoms with Crippen LogP contribution in [0, 0.1) is 20.2 Å². The summed E-state index contributed by atoms with van der Waals surface area (Å²) in [7, 11) is 0. The van der Waals surface area contributed by atoms with E-state index in [2.05, 4.69) is 10.1 Å². The first-order chi connectivity index (χ1) is 14.9. The number of aromatic amines is 1. The largest absolute Gasteiger partial charge is 0.461 e. The summed E-state index contributed by atoms with van der Waals surface area (Å²) in [6.07, 6.45) is 2.42. The Hall–Kier alpha value is -4.28. The molecule has 1 N–H and O–H groups in total. The van der Waals surface area contributed by atoms with E-state index in [1.807, 2.05) is 30.5 Å². The normalized spacial score (nSPS) is 11.3. The molecule has 11 heteroatoms. The number of hydrogen-bond donors (Lipinski definition) is 1. The average Bonchev–Trinajstić information content (AvgIpc) is 3.17. The Labute approximate surface area is 175 Å². The van der Waals surface area contributed by atoms with E-state index >= 15 is 0 Å². The van der Waals surface area contributed by atoms with Crippen LogP contribution in [0.15, 0.2) is 53.8 Å². The van der Waals surface area contributed by atoms with Crippen LogP contribution in [0.5, 0.6) is 5.75 Å². The van der Waals surface area contributed by atoms with Gasteiger partial charge in [-0.15, -0.1) is 0 Å². The zero-order valence-corrected chi connectivity index (χ0v) is 16.4. The number of nitro groups is 2. The molecule has 0 amide bonds. The zero-order valence-electron chi connectivity index (χ0n) is 16.4. The smallest absolute Gasteiger partial charge is 0.356 e. The highest BCUT2D eigenvalue weighted by Gasteiger charge is 2.22. The van der Waals surface area contributed by atoms with Gasteiger partial charge in [0.1, 0.15) is 0 Å². The number of aryl methyl sites for hydroxylation is 1. The van der Waals surface area contributed by atoms with Gasteiger partial charge in [0.05, 0.1) is 22.5 Å². The summed E-state index contributed by atoms with van der Waals surface area (Å²) in [5, 5.41) is 26.9. The maximum Gasteiger partial charge on any atom is 0.356 e. The molecule has 160 valence electrons. The molecule has 0 spiro atoms. The summed E-state index contributed by atoms with van der Waals surface area (Å²) in [5.41, 5.74) is 0.726. The molecule has 0 saturated heterocycles. The third-order valence-corrected chi connectivity index (χ3v) is 4.42. The number of rotatable bonds is 9. The van der Waals surface area contributed by atoms with Crippen LogP contribution in [0.3, 0.4) is 0 Å². The molecule has 1 heterocycles. The maximum atomic E-state index is 12.3. The highest BCUT2D eigenvalue weighted by molar-refractivity contribution is 6.36. The van der Waals surface area contributed by atoms with Crippen molar-refractivity contribution in [2.75, 3.05) is 6.61 Å². The minimum absolute atomic E-state index is 0.0696. The van der Waals surface area contributed by atoms with E-state index in [1.165, 1.54) is 0 Å². The summed E-state index contributed by atoms with van der Waals surface area (Å²) < 4.78 is 5.00. The molecular formula is C20H18N4O7. The number of aromatic nitrogens is 1. The van der Waals surface area contributed by atoms with Gasteiger partial charge in [-0.25, -0.2) is 4.79 Å². The van der Waals surface area contributed by atoms with Crippen molar-refractivity contribution in [2.24, 2.45) is 5.16 Å². The van der Waals surface area contributed by atoms with Crippen molar-refractivity contribution in [1.82, 2.24) is 4.98 Å². The highest BCUT2D eigenvalue weighted by atomic mass is 16.7. The van der Waals surface area contributed by atoms with Crippen LogP contribution in [-0.2, 0) is 16.0 Å². The number of nitrogens with zero attached hydrogens (tertiary/aromatic N) is 3. The average molecular weight is 426 g/mol. The molecule has 11 nitrogen and oxygen atoms in total. The van der Waals surface area contributed by atoms with Crippen LogP contribution in [0.2, 0.25) is 0 Å². The van der Waals surface area contributed by atoms with Gasteiger partial charge in [0, 0.05) is 29.6 Å². The number of non-ortho nitro benzene ring substituents is 1. The van der Waals surface area contributed by atoms with E-state index in [0.717, 1.165) is 34.7 Å². The lowest BCUT2D eigenvalue weighted by atomic mass is 10.1. The van der Waals surface area contributed by atoms with Crippen LogP contribution in [0.25, 0.3) is 10.9 Å². The van der Waals surface area contributed by atoms with E-state index in [-0.39, 0.29) is 24.5 Å². The molecule has 1 aromatic heterocycles. The second-order valence-electron chi connectivity index (χ2n) is 6.38. The molecule has 0 atom stereocenters. The third-order valence-electron chi connectivity index (χ3n) is 4.42. The Morgan fingerprint density at radius 3 is 2.61 bits per heavy atom. The summed E-state index contributed by atoms with van der Waals surface area (Å²) >= 11 is 0. The fraction of sp³-hybridized carbons (Fsp3) is 0.200. The highest BCUT2D eigenvalue weighted by Crippen LogP contribution is 2.31. The summed E-state index contributed by atoms with van der Waals surface area (Å²) in [6.45, 7) is 1.75. The Kier molecular flexibility index (Phi) is 6.55. The Morgan fingerprint density at radius 1 is 1.13 bits per heavy atom. The number of nitrogens with one attached hydrogen (secondary N) is 1. The van der Waals surface area contributed by atoms with Gasteiger partial charge in [0.25, 0.3) is 5.69 Å². The number of fused-ring (bicyclic) bond motifs is 1. The first kappa shape index (κ1) is 21.4. The Balaban J connectivity index is 1.84. The van der Waals surface area contributed by atoms with E-state index in [4.69, 9.17) is 9.57 Å². The van der Waals surface area contributed by atoms with Gasteiger partial charge in [-0.05, 0) is 31.0 Å². The fourth-order valence-corrected chi connectivity index (χ4v) is 2.93. The van der Waals surface area contributed by atoms with Crippen molar-refractivity contribution in [1.29, 1.82) is 0 Å². The fourth-order valence-electron chi connectivity index (χ4n) is 2.93. The molecule has 0 aliphatic carbocycles. The minimum atomic E-state index is -0.826. The van der Waals surface area contributed by atoms with E-state index in [9.17, 15) is 25.0 Å². The molecule has 0 saturated carbocycles. The van der Waals surface area contributed by atoms with Crippen molar-refractivity contribution in [2.45, 2.75) is 19.8 Å². The molecule has 2 aromatic carbocycles. The summed E-state index contributed by atoms with van der Waals surface area (Å²) in [5.74, 6) is -1.05. The monoisotopic (exact) mass is 426 g/mol. The Morgan fingerprint density at radius 2 is 1.90 bits per heavy atom. The number of nitro benzene ring substituents is 2. The minimum Gasteiger partial charge on any atom is -0.461 e. The summed E-state index contributed by atoms with van der Waals surface area (Å²) in [4.78, 5) is 41.1. The number of oxime groups is 1. The molecule has 31 heavy (non-hydrogen) atoms. The van der Waals surface area contributed by atoms with Gasteiger partial charge in [-0.1, -0.05) is 23.4 Å². The molecule has 3 rings (SSSR count). The quantitative estimate of drug-likeness (QED) is 0.236. The molecule has 0 aliphatic rings. The van der Waals surface area contributed by atoms with E-state index < -0.39 is 27.2 Å². The number of carbonyl (C=O) groups excluding carboxylic acids is 1. The number of esters is 1. The lowest BCUT2D eigenvalue weighted by molar-refractivity contribution is -0.394. The van der Waals surface area contributed by atoms with Gasteiger partial charge in [0.2, 0.25) is 5.75 Å². The van der Waals surface area contributed by atoms with Gasteiger partial charge in [0.15, 0.2) is 5.71 Å². The lowest BCUT2D eigenvalue weighted by Gasteiger charge is -2.06. The van der Waals surface area contributed by atoms with Crippen LogP contribution >= 0.6 is 0 Å². The Bertz CT molecular complexity index is 1170. The van der Waals surface area contributed by atoms with Crippen LogP contribution < -0.4 is 4.84 Å². The van der Waals surface area contributed by atoms with E-state index in [1.54, 1.807) is 6.92 Å². The van der Waals surface area contributed by atoms with E-state index in [0.29, 0.717) is 6.42 Å². The van der Waals surface area contributed by atoms with Gasteiger partial charge in [-0.3, -0.25) is 20.2 Å². The van der Waals surface area contributed by atoms with Crippen molar-refractivity contribution in [3.05, 3.63) is 74.5 Å². The third kappa shape index (κ3) is 5.01. The first-order valence-electron chi connectivity index (χ1n) is 9.29. The second kappa shape index (κ2) is 9.48. The van der Waals surface area contributed by atoms with Crippen LogP contribution in [-0.4, -0.2) is 33.1 Å². The molecule has 0 radical (unpaired) electrons. The molecule has 0 unspecified atom stereocenters. The number of benzene rings is 2.